The van der Waals surface area contributed by atoms with Crippen molar-refractivity contribution in [3.63, 3.8) is 0 Å². The molecule has 2 rings (SSSR count). The fourth-order valence-corrected chi connectivity index (χ4v) is 3.02. The maximum absolute atomic E-state index is 5.82. The third kappa shape index (κ3) is 4.21. The lowest BCUT2D eigenvalue weighted by atomic mass is 9.76. The fraction of sp³-hybridized carbons (Fsp3) is 0.667. The largest absolute Gasteiger partial charge is 0.493 e. The van der Waals surface area contributed by atoms with Crippen LogP contribution < -0.4 is 16.0 Å². The Morgan fingerprint density at radius 2 is 2.05 bits per heavy atom. The zero-order chi connectivity index (χ0) is 15.5. The van der Waals surface area contributed by atoms with E-state index < -0.39 is 0 Å². The quantitative estimate of drug-likeness (QED) is 0.639. The van der Waals surface area contributed by atoms with E-state index >= 15 is 0 Å². The number of hydrazine groups is 1. The Labute approximate surface area is 129 Å². The van der Waals surface area contributed by atoms with Crippen LogP contribution in [-0.4, -0.2) is 12.6 Å². The van der Waals surface area contributed by atoms with Gasteiger partial charge in [0.25, 0.3) is 0 Å². The van der Waals surface area contributed by atoms with Crippen molar-refractivity contribution < 1.29 is 4.74 Å². The van der Waals surface area contributed by atoms with E-state index in [-0.39, 0.29) is 0 Å². The zero-order valence-corrected chi connectivity index (χ0v) is 13.9. The molecule has 0 spiro atoms. The number of ether oxygens (including phenoxy) is 1. The Bertz CT molecular complexity index is 453. The number of para-hydroxylation sites is 1. The molecule has 0 radical (unpaired) electrons. The second-order valence-corrected chi connectivity index (χ2v) is 7.47. The lowest BCUT2D eigenvalue weighted by Gasteiger charge is -2.33. The second-order valence-electron chi connectivity index (χ2n) is 7.47. The first-order chi connectivity index (χ1) is 9.91. The van der Waals surface area contributed by atoms with Crippen molar-refractivity contribution in [1.29, 1.82) is 0 Å². The van der Waals surface area contributed by atoms with E-state index in [0.29, 0.717) is 23.3 Å². The van der Waals surface area contributed by atoms with Gasteiger partial charge < -0.3 is 4.74 Å². The molecule has 0 aromatic heterocycles. The van der Waals surface area contributed by atoms with Crippen molar-refractivity contribution >= 4 is 0 Å². The molecule has 0 saturated carbocycles. The summed E-state index contributed by atoms with van der Waals surface area (Å²) in [5.74, 6) is 8.05. The van der Waals surface area contributed by atoms with Gasteiger partial charge in [-0.2, -0.15) is 0 Å². The van der Waals surface area contributed by atoms with E-state index in [4.69, 9.17) is 10.6 Å². The molecule has 3 heteroatoms. The Hall–Kier alpha value is -1.06. The first-order valence-electron chi connectivity index (χ1n) is 8.09. The zero-order valence-electron chi connectivity index (χ0n) is 13.9. The van der Waals surface area contributed by atoms with E-state index in [0.717, 1.165) is 31.6 Å². The third-order valence-electron chi connectivity index (χ3n) is 5.00. The molecule has 0 saturated heterocycles. The molecule has 1 aliphatic heterocycles. The smallest absolute Gasteiger partial charge is 0.122 e. The third-order valence-corrected chi connectivity index (χ3v) is 5.00. The van der Waals surface area contributed by atoms with Crippen LogP contribution in [0.4, 0.5) is 0 Å². The molecule has 0 amide bonds. The monoisotopic (exact) mass is 290 g/mol. The highest BCUT2D eigenvalue weighted by molar-refractivity contribution is 5.37. The predicted molar refractivity (Wildman–Crippen MR) is 88.3 cm³/mol. The van der Waals surface area contributed by atoms with Crippen LogP contribution in [0.5, 0.6) is 5.75 Å². The minimum atomic E-state index is 0.322. The van der Waals surface area contributed by atoms with E-state index in [1.54, 1.807) is 0 Å². The highest BCUT2D eigenvalue weighted by Gasteiger charge is 2.27. The van der Waals surface area contributed by atoms with Gasteiger partial charge in [-0.3, -0.25) is 11.3 Å². The first-order valence-corrected chi connectivity index (χ1v) is 8.09. The van der Waals surface area contributed by atoms with Crippen LogP contribution in [0.2, 0.25) is 0 Å². The van der Waals surface area contributed by atoms with Gasteiger partial charge in [0.1, 0.15) is 5.75 Å². The molecule has 1 aromatic carbocycles. The maximum Gasteiger partial charge on any atom is 0.122 e. The van der Waals surface area contributed by atoms with Crippen molar-refractivity contribution in [2.45, 2.75) is 58.9 Å². The summed E-state index contributed by atoms with van der Waals surface area (Å²) in [6.07, 6.45) is 3.27. The molecule has 1 aromatic rings. The normalized spacial score (nSPS) is 21.3. The highest BCUT2D eigenvalue weighted by Crippen LogP contribution is 2.38. The van der Waals surface area contributed by atoms with Crippen LogP contribution in [0.3, 0.4) is 0 Å². The summed E-state index contributed by atoms with van der Waals surface area (Å²) in [5.41, 5.74) is 4.70. The van der Waals surface area contributed by atoms with Crippen molar-refractivity contribution in [3.8, 4) is 5.75 Å². The van der Waals surface area contributed by atoms with Gasteiger partial charge in [0.15, 0.2) is 0 Å². The van der Waals surface area contributed by atoms with Gasteiger partial charge in [-0.25, -0.2) is 0 Å². The average molecular weight is 290 g/mol. The molecular formula is C18H30N2O. The lowest BCUT2D eigenvalue weighted by Crippen LogP contribution is -2.39. The molecule has 0 fully saturated rings. The van der Waals surface area contributed by atoms with Crippen LogP contribution in [0, 0.1) is 11.3 Å². The standard InChI is InChI=1S/C18H30N2O/c1-13(18(2,3)4)11-15(20-19)12-14-9-10-21-17-8-6-5-7-16(14)17/h5-8,13-15,20H,9-12,19H2,1-4H3. The van der Waals surface area contributed by atoms with E-state index in [1.165, 1.54) is 5.56 Å². The number of nitrogens with two attached hydrogens (primary N) is 1. The number of rotatable bonds is 5. The Morgan fingerprint density at radius 3 is 2.71 bits per heavy atom. The van der Waals surface area contributed by atoms with Gasteiger partial charge in [0, 0.05) is 6.04 Å². The molecule has 1 aliphatic rings. The van der Waals surface area contributed by atoms with Crippen LogP contribution >= 0.6 is 0 Å². The predicted octanol–water partition coefficient (Wildman–Crippen LogP) is 3.85. The molecule has 21 heavy (non-hydrogen) atoms. The van der Waals surface area contributed by atoms with Crippen LogP contribution in [0.25, 0.3) is 0 Å². The van der Waals surface area contributed by atoms with Crippen molar-refractivity contribution in [3.05, 3.63) is 29.8 Å². The van der Waals surface area contributed by atoms with Gasteiger partial charge in [-0.05, 0) is 48.1 Å². The molecular weight excluding hydrogens is 260 g/mol. The topological polar surface area (TPSA) is 47.3 Å². The Kier molecular flexibility index (Phi) is 5.28. The SMILES string of the molecule is CC(CC(CC1CCOc2ccccc21)NN)C(C)(C)C. The second kappa shape index (κ2) is 6.80. The minimum absolute atomic E-state index is 0.322. The molecule has 0 bridgehead atoms. The lowest BCUT2D eigenvalue weighted by molar-refractivity contribution is 0.205. The number of hydrogen-bond acceptors (Lipinski definition) is 3. The summed E-state index contributed by atoms with van der Waals surface area (Å²) in [7, 11) is 0. The highest BCUT2D eigenvalue weighted by atomic mass is 16.5. The molecule has 3 N–H and O–H groups in total. The first kappa shape index (κ1) is 16.3. The summed E-state index contributed by atoms with van der Waals surface area (Å²) in [6.45, 7) is 10.0. The van der Waals surface area contributed by atoms with Crippen LogP contribution in [0.15, 0.2) is 24.3 Å². The Balaban J connectivity index is 2.03. The van der Waals surface area contributed by atoms with Gasteiger partial charge in [-0.15, -0.1) is 0 Å². The van der Waals surface area contributed by atoms with Crippen LogP contribution in [-0.2, 0) is 0 Å². The number of nitrogens with one attached hydrogen (secondary N) is 1. The molecule has 0 aliphatic carbocycles. The maximum atomic E-state index is 5.82. The molecule has 3 atom stereocenters. The fourth-order valence-electron chi connectivity index (χ4n) is 3.02. The van der Waals surface area contributed by atoms with E-state index in [9.17, 15) is 0 Å². The number of hydrogen-bond donors (Lipinski definition) is 2. The Morgan fingerprint density at radius 1 is 1.33 bits per heavy atom. The molecule has 118 valence electrons. The molecule has 1 heterocycles. The number of benzene rings is 1. The van der Waals surface area contributed by atoms with Gasteiger partial charge in [0.05, 0.1) is 6.61 Å². The summed E-state index contributed by atoms with van der Waals surface area (Å²) >= 11 is 0. The number of fused-ring (bicyclic) bond motifs is 1. The van der Waals surface area contributed by atoms with Gasteiger partial charge in [0.2, 0.25) is 0 Å². The summed E-state index contributed by atoms with van der Waals surface area (Å²) in [4.78, 5) is 0. The summed E-state index contributed by atoms with van der Waals surface area (Å²) in [5, 5.41) is 0. The van der Waals surface area contributed by atoms with E-state index in [2.05, 4.69) is 51.3 Å². The summed E-state index contributed by atoms with van der Waals surface area (Å²) in [6, 6.07) is 8.77. The van der Waals surface area contributed by atoms with E-state index in [1.807, 2.05) is 6.07 Å². The van der Waals surface area contributed by atoms with Crippen molar-refractivity contribution in [2.24, 2.45) is 17.2 Å². The van der Waals surface area contributed by atoms with Crippen LogP contribution in [0.1, 0.15) is 58.4 Å². The average Bonchev–Trinajstić information content (AvgIpc) is 2.45. The molecule has 3 unspecified atom stereocenters. The van der Waals surface area contributed by atoms with Crippen molar-refractivity contribution in [1.82, 2.24) is 5.43 Å². The van der Waals surface area contributed by atoms with Gasteiger partial charge >= 0.3 is 0 Å². The minimum Gasteiger partial charge on any atom is -0.493 e. The summed E-state index contributed by atoms with van der Waals surface area (Å²) < 4.78 is 5.75. The van der Waals surface area contributed by atoms with Gasteiger partial charge in [-0.1, -0.05) is 45.9 Å². The molecule has 3 nitrogen and oxygen atoms in total. The van der Waals surface area contributed by atoms with Crippen molar-refractivity contribution in [2.75, 3.05) is 6.61 Å².